The molecule has 0 aliphatic heterocycles. The van der Waals surface area contributed by atoms with Gasteiger partial charge in [-0.15, -0.1) is 0 Å². The highest BCUT2D eigenvalue weighted by atomic mass is 16.5. The summed E-state index contributed by atoms with van der Waals surface area (Å²) in [6.45, 7) is 0. The highest BCUT2D eigenvalue weighted by Gasteiger charge is 2.15. The number of hydrogen-bond donors (Lipinski definition) is 1. The van der Waals surface area contributed by atoms with E-state index in [1.165, 1.54) is 0 Å². The second kappa shape index (κ2) is 2.03. The van der Waals surface area contributed by atoms with Crippen molar-refractivity contribution in [3.63, 3.8) is 0 Å². The lowest BCUT2D eigenvalue weighted by Gasteiger charge is -2.37. The lowest BCUT2D eigenvalue weighted by Crippen LogP contribution is -2.44. The van der Waals surface area contributed by atoms with E-state index in [4.69, 9.17) is 5.11 Å². The van der Waals surface area contributed by atoms with Gasteiger partial charge in [0.2, 0.25) is 0 Å². The molecule has 0 aromatic heterocycles. The monoisotopic (exact) mass is 115 g/mol. The van der Waals surface area contributed by atoms with Gasteiger partial charge in [-0.1, -0.05) is 19.3 Å². The summed E-state index contributed by atoms with van der Waals surface area (Å²) in [6, 6.07) is 0. The topological polar surface area (TPSA) is 43.3 Å². The molecule has 0 saturated heterocycles. The predicted octanol–water partition coefficient (Wildman–Crippen LogP) is -0.000600. The molecule has 0 unspecified atom stereocenters. The summed E-state index contributed by atoms with van der Waals surface area (Å²) in [6.07, 6.45) is 3.82. The molecule has 0 heterocycles. The second-order valence-electron chi connectivity index (χ2n) is 2.51. The largest absolute Gasteiger partial charge is 0.829 e. The summed E-state index contributed by atoms with van der Waals surface area (Å²) in [7, 11) is 0. The molecule has 1 N–H and O–H groups in total. The predicted molar refractivity (Wildman–Crippen MR) is 28.0 cm³/mol. The molecule has 0 aromatic rings. The zero-order valence-corrected chi connectivity index (χ0v) is 4.89. The quantitative estimate of drug-likeness (QED) is 0.451. The molecule has 48 valence electrons. The van der Waals surface area contributed by atoms with Crippen molar-refractivity contribution >= 4 is 0 Å². The van der Waals surface area contributed by atoms with E-state index in [1.54, 1.807) is 0 Å². The van der Waals surface area contributed by atoms with Gasteiger partial charge in [-0.3, -0.25) is 0 Å². The van der Waals surface area contributed by atoms with Crippen LogP contribution in [0.5, 0.6) is 0 Å². The molecule has 2 heteroatoms. The molecule has 0 amide bonds. The minimum Gasteiger partial charge on any atom is -0.829 e. The Kier molecular flexibility index (Phi) is 1.54. The van der Waals surface area contributed by atoms with E-state index >= 15 is 0 Å². The van der Waals surface area contributed by atoms with Gasteiger partial charge in [-0.2, -0.15) is 0 Å². The van der Waals surface area contributed by atoms with Crippen LogP contribution in [0.15, 0.2) is 0 Å². The van der Waals surface area contributed by atoms with Gasteiger partial charge in [0.1, 0.15) is 0 Å². The first-order valence-corrected chi connectivity index (χ1v) is 3.13. The SMILES string of the molecule is [O-]C1(O)CCCCC1. The molecule has 0 bridgehead atoms. The van der Waals surface area contributed by atoms with E-state index in [2.05, 4.69) is 0 Å². The molecule has 1 saturated carbocycles. The van der Waals surface area contributed by atoms with Crippen molar-refractivity contribution in [2.24, 2.45) is 0 Å². The van der Waals surface area contributed by atoms with E-state index in [9.17, 15) is 5.11 Å². The second-order valence-corrected chi connectivity index (χ2v) is 2.51. The van der Waals surface area contributed by atoms with Crippen LogP contribution in [0.1, 0.15) is 32.1 Å². The Hall–Kier alpha value is -0.0800. The highest BCUT2D eigenvalue weighted by molar-refractivity contribution is 4.67. The number of hydrogen-bond acceptors (Lipinski definition) is 2. The Bertz CT molecular complexity index is 70.6. The minimum atomic E-state index is -1.57. The first kappa shape index (κ1) is 6.05. The minimum absolute atomic E-state index is 0.451. The first-order chi connectivity index (χ1) is 3.71. The van der Waals surface area contributed by atoms with Crippen LogP contribution >= 0.6 is 0 Å². The Morgan fingerprint density at radius 1 is 1.12 bits per heavy atom. The van der Waals surface area contributed by atoms with Crippen molar-refractivity contribution in [2.45, 2.75) is 37.9 Å². The van der Waals surface area contributed by atoms with Crippen molar-refractivity contribution in [1.29, 1.82) is 0 Å². The summed E-state index contributed by atoms with van der Waals surface area (Å²) in [5.41, 5.74) is 0. The Labute approximate surface area is 49.1 Å². The van der Waals surface area contributed by atoms with Crippen LogP contribution in [0, 0.1) is 0 Å². The van der Waals surface area contributed by atoms with Crippen LogP contribution in [0.2, 0.25) is 0 Å². The summed E-state index contributed by atoms with van der Waals surface area (Å²) in [4.78, 5) is 0. The van der Waals surface area contributed by atoms with Crippen molar-refractivity contribution in [3.8, 4) is 0 Å². The molecule has 2 nitrogen and oxygen atoms in total. The maximum atomic E-state index is 10.7. The van der Waals surface area contributed by atoms with Crippen LogP contribution in [-0.4, -0.2) is 10.9 Å². The van der Waals surface area contributed by atoms with Gasteiger partial charge >= 0.3 is 0 Å². The third-order valence-electron chi connectivity index (χ3n) is 1.63. The molecule has 8 heavy (non-hydrogen) atoms. The molecule has 1 rings (SSSR count). The summed E-state index contributed by atoms with van der Waals surface area (Å²) in [5, 5.41) is 19.5. The lowest BCUT2D eigenvalue weighted by atomic mass is 9.95. The van der Waals surface area contributed by atoms with E-state index in [1.807, 2.05) is 0 Å². The van der Waals surface area contributed by atoms with Gasteiger partial charge in [0.25, 0.3) is 0 Å². The fourth-order valence-corrected chi connectivity index (χ4v) is 1.10. The highest BCUT2D eigenvalue weighted by Crippen LogP contribution is 2.22. The van der Waals surface area contributed by atoms with Crippen molar-refractivity contribution in [3.05, 3.63) is 0 Å². The molecule has 0 radical (unpaired) electrons. The van der Waals surface area contributed by atoms with E-state index in [0.717, 1.165) is 19.3 Å². The molecule has 1 aliphatic carbocycles. The van der Waals surface area contributed by atoms with Gasteiger partial charge in [-0.05, 0) is 18.6 Å². The third-order valence-corrected chi connectivity index (χ3v) is 1.63. The smallest absolute Gasteiger partial charge is 0.0102 e. The fraction of sp³-hybridized carbons (Fsp3) is 1.00. The Balaban J connectivity index is 2.33. The van der Waals surface area contributed by atoms with Crippen LogP contribution in [0.25, 0.3) is 0 Å². The molecule has 0 atom stereocenters. The van der Waals surface area contributed by atoms with E-state index < -0.39 is 5.79 Å². The molecule has 0 aromatic carbocycles. The number of aliphatic hydroxyl groups is 1. The summed E-state index contributed by atoms with van der Waals surface area (Å²) in [5.74, 6) is -1.57. The van der Waals surface area contributed by atoms with E-state index in [0.29, 0.717) is 12.8 Å². The van der Waals surface area contributed by atoms with Crippen molar-refractivity contribution in [1.82, 2.24) is 0 Å². The zero-order valence-electron chi connectivity index (χ0n) is 4.89. The Morgan fingerprint density at radius 2 is 1.62 bits per heavy atom. The third kappa shape index (κ3) is 1.46. The standard InChI is InChI=1S/C6H11O2/c7-6(8)4-2-1-3-5-6/h7H,1-5H2/q-1. The summed E-state index contributed by atoms with van der Waals surface area (Å²) < 4.78 is 0. The van der Waals surface area contributed by atoms with Crippen molar-refractivity contribution in [2.75, 3.05) is 0 Å². The zero-order chi connectivity index (χ0) is 6.04. The van der Waals surface area contributed by atoms with Crippen molar-refractivity contribution < 1.29 is 10.2 Å². The van der Waals surface area contributed by atoms with Crippen LogP contribution < -0.4 is 5.11 Å². The Morgan fingerprint density at radius 3 is 1.88 bits per heavy atom. The number of rotatable bonds is 0. The molecular formula is C6H11O2-. The van der Waals surface area contributed by atoms with Gasteiger partial charge in [0, 0.05) is 0 Å². The average Bonchev–Trinajstić information content (AvgIpc) is 1.65. The maximum Gasteiger partial charge on any atom is -0.0102 e. The lowest BCUT2D eigenvalue weighted by molar-refractivity contribution is -0.553. The molecule has 1 aliphatic rings. The van der Waals surface area contributed by atoms with Gasteiger partial charge < -0.3 is 10.2 Å². The van der Waals surface area contributed by atoms with Gasteiger partial charge in [0.15, 0.2) is 0 Å². The van der Waals surface area contributed by atoms with Gasteiger partial charge in [0.05, 0.1) is 0 Å². The maximum absolute atomic E-state index is 10.7. The molecule has 0 spiro atoms. The van der Waals surface area contributed by atoms with E-state index in [-0.39, 0.29) is 0 Å². The van der Waals surface area contributed by atoms with Crippen LogP contribution in [0.3, 0.4) is 0 Å². The molecular weight excluding hydrogens is 104 g/mol. The normalized spacial score (nSPS) is 27.8. The van der Waals surface area contributed by atoms with Gasteiger partial charge in [-0.25, -0.2) is 0 Å². The van der Waals surface area contributed by atoms with Crippen LogP contribution in [0.4, 0.5) is 0 Å². The van der Waals surface area contributed by atoms with Crippen LogP contribution in [-0.2, 0) is 0 Å². The first-order valence-electron chi connectivity index (χ1n) is 3.13. The average molecular weight is 115 g/mol. The molecule has 1 fully saturated rings. The fourth-order valence-electron chi connectivity index (χ4n) is 1.10. The summed E-state index contributed by atoms with van der Waals surface area (Å²) >= 11 is 0.